The van der Waals surface area contributed by atoms with Crippen LogP contribution in [0.4, 0.5) is 0 Å². The Morgan fingerprint density at radius 1 is 0.407 bits per heavy atom. The lowest BCUT2D eigenvalue weighted by atomic mass is 9.99. The molecule has 0 aliphatic carbocycles. The van der Waals surface area contributed by atoms with Crippen molar-refractivity contribution in [3.05, 3.63) is 60.8 Å². The molecule has 1 rings (SSSR count). The largest absolute Gasteiger partial charge is 0.466 e. The Morgan fingerprint density at radius 2 is 0.747 bits per heavy atom. The first kappa shape index (κ1) is 86.4. The molecule has 1 aliphatic heterocycles. The minimum absolute atomic E-state index is 0.00919. The van der Waals surface area contributed by atoms with E-state index in [1.165, 1.54) is 283 Å². The highest BCUT2D eigenvalue weighted by Crippen LogP contribution is 2.23. The highest BCUT2D eigenvalue weighted by Gasteiger charge is 2.44. The van der Waals surface area contributed by atoms with Crippen LogP contribution in [0.25, 0.3) is 0 Å². The number of carbonyl (C=O) groups is 2. The van der Waals surface area contributed by atoms with E-state index in [1.807, 2.05) is 6.08 Å². The standard InChI is InChI=1S/C80H147NO10/c1-3-5-7-9-11-13-14-15-16-38-42-45-48-52-56-60-64-68-76(85)89-69-65-61-57-53-49-46-43-40-37-35-33-31-29-27-25-23-21-19-17-18-20-22-24-26-28-30-32-34-36-39-41-44-47-51-55-59-63-67-75(84)81-72(73(83)66-62-58-54-50-12-10-8-6-4-2)71-90-80-79(88)78(87)77(86)74(70-82)91-80/h12,15-17,19,23,25,50,62,66,72-74,77-80,82-83,86-88H,3-11,13-14,18,20-22,24,26-49,51-61,63-65,67-71H2,1-2H3,(H,81,84)/b16-15-,19-17-,25-23-,50-12+,66-62+. The zero-order valence-corrected chi connectivity index (χ0v) is 59.3. The summed E-state index contributed by atoms with van der Waals surface area (Å²) < 4.78 is 16.7. The molecule has 0 radical (unpaired) electrons. The van der Waals surface area contributed by atoms with E-state index in [-0.39, 0.29) is 18.5 Å². The van der Waals surface area contributed by atoms with Gasteiger partial charge in [0.25, 0.3) is 0 Å². The Hall–Kier alpha value is -2.64. The number of esters is 1. The van der Waals surface area contributed by atoms with Crippen LogP contribution in [0.3, 0.4) is 0 Å². The maximum absolute atomic E-state index is 13.0. The van der Waals surface area contributed by atoms with Crippen molar-refractivity contribution in [2.24, 2.45) is 0 Å². The third kappa shape index (κ3) is 57.3. The van der Waals surface area contributed by atoms with E-state index in [1.54, 1.807) is 6.08 Å². The number of unbranched alkanes of at least 4 members (excludes halogenated alkanes) is 47. The lowest BCUT2D eigenvalue weighted by Gasteiger charge is -2.40. The van der Waals surface area contributed by atoms with Crippen LogP contribution in [0, 0.1) is 0 Å². The molecule has 1 aliphatic rings. The maximum Gasteiger partial charge on any atom is 0.305 e. The zero-order valence-electron chi connectivity index (χ0n) is 59.3. The summed E-state index contributed by atoms with van der Waals surface area (Å²) >= 11 is 0. The zero-order chi connectivity index (χ0) is 65.8. The molecule has 0 aromatic rings. The van der Waals surface area contributed by atoms with Crippen molar-refractivity contribution in [3.63, 3.8) is 0 Å². The molecule has 0 bridgehead atoms. The summed E-state index contributed by atoms with van der Waals surface area (Å²) in [6, 6.07) is -0.825. The van der Waals surface area contributed by atoms with Crippen molar-refractivity contribution in [2.45, 2.75) is 416 Å². The molecular formula is C80H147NO10. The molecule has 11 nitrogen and oxygen atoms in total. The molecule has 1 fully saturated rings. The highest BCUT2D eigenvalue weighted by molar-refractivity contribution is 5.76. The fourth-order valence-corrected chi connectivity index (χ4v) is 12.2. The van der Waals surface area contributed by atoms with Gasteiger partial charge in [0, 0.05) is 12.8 Å². The average molecular weight is 1280 g/mol. The van der Waals surface area contributed by atoms with Gasteiger partial charge in [-0.2, -0.15) is 0 Å². The van der Waals surface area contributed by atoms with Gasteiger partial charge in [-0.15, -0.1) is 0 Å². The van der Waals surface area contributed by atoms with E-state index in [0.717, 1.165) is 64.2 Å². The fourth-order valence-electron chi connectivity index (χ4n) is 12.2. The highest BCUT2D eigenvalue weighted by atomic mass is 16.7. The minimum atomic E-state index is -1.57. The van der Waals surface area contributed by atoms with Gasteiger partial charge in [-0.1, -0.05) is 319 Å². The van der Waals surface area contributed by atoms with Gasteiger partial charge in [-0.25, -0.2) is 0 Å². The van der Waals surface area contributed by atoms with Crippen LogP contribution in [0.5, 0.6) is 0 Å². The monoisotopic (exact) mass is 1280 g/mol. The molecule has 1 heterocycles. The quantitative estimate of drug-likeness (QED) is 0.0195. The number of ether oxygens (including phenoxy) is 3. The van der Waals surface area contributed by atoms with Gasteiger partial charge in [0.2, 0.25) is 5.91 Å². The summed E-state index contributed by atoms with van der Waals surface area (Å²) in [5.41, 5.74) is 0. The molecule has 11 heteroatoms. The van der Waals surface area contributed by atoms with Crippen LogP contribution in [0.15, 0.2) is 60.8 Å². The molecule has 6 N–H and O–H groups in total. The van der Waals surface area contributed by atoms with Crippen LogP contribution < -0.4 is 5.32 Å². The van der Waals surface area contributed by atoms with E-state index in [2.05, 4.69) is 67.8 Å². The Kier molecular flexibility index (Phi) is 65.2. The second kappa shape index (κ2) is 68.7. The molecule has 0 aromatic heterocycles. The molecule has 1 saturated heterocycles. The fraction of sp³-hybridized carbons (Fsp3) is 0.850. The first-order valence-electron chi connectivity index (χ1n) is 39.1. The van der Waals surface area contributed by atoms with E-state index in [0.29, 0.717) is 19.4 Å². The Morgan fingerprint density at radius 3 is 1.18 bits per heavy atom. The number of allylic oxidation sites excluding steroid dienone is 9. The third-order valence-corrected chi connectivity index (χ3v) is 18.3. The van der Waals surface area contributed by atoms with E-state index in [4.69, 9.17) is 14.2 Å². The van der Waals surface area contributed by atoms with Gasteiger partial charge in [0.1, 0.15) is 24.4 Å². The Labute approximate surface area is 560 Å². The van der Waals surface area contributed by atoms with E-state index >= 15 is 0 Å². The summed E-state index contributed by atoms with van der Waals surface area (Å²) in [7, 11) is 0. The van der Waals surface area contributed by atoms with Gasteiger partial charge >= 0.3 is 5.97 Å². The number of carbonyl (C=O) groups excluding carboxylic acids is 2. The second-order valence-corrected chi connectivity index (χ2v) is 27.0. The van der Waals surface area contributed by atoms with Crippen molar-refractivity contribution in [1.29, 1.82) is 0 Å². The summed E-state index contributed by atoms with van der Waals surface area (Å²) in [5.74, 6) is -0.182. The van der Waals surface area contributed by atoms with Crippen molar-refractivity contribution in [3.8, 4) is 0 Å². The second-order valence-electron chi connectivity index (χ2n) is 27.0. The lowest BCUT2D eigenvalue weighted by molar-refractivity contribution is -0.302. The normalized spacial score (nSPS) is 17.9. The van der Waals surface area contributed by atoms with Crippen molar-refractivity contribution in [1.82, 2.24) is 5.32 Å². The predicted octanol–water partition coefficient (Wildman–Crippen LogP) is 20.9. The molecule has 0 spiro atoms. The van der Waals surface area contributed by atoms with Gasteiger partial charge in [-0.3, -0.25) is 9.59 Å². The molecule has 532 valence electrons. The molecular weight excluding hydrogens is 1130 g/mol. The smallest absolute Gasteiger partial charge is 0.305 e. The first-order valence-corrected chi connectivity index (χ1v) is 39.1. The maximum atomic E-state index is 13.0. The van der Waals surface area contributed by atoms with E-state index in [9.17, 15) is 35.1 Å². The summed E-state index contributed by atoms with van der Waals surface area (Å²) in [6.07, 6.45) is 82.7. The molecule has 7 unspecified atom stereocenters. The van der Waals surface area contributed by atoms with Crippen molar-refractivity contribution < 1.29 is 49.3 Å². The van der Waals surface area contributed by atoms with Crippen molar-refractivity contribution >= 4 is 11.9 Å². The molecule has 0 aromatic carbocycles. The lowest BCUT2D eigenvalue weighted by Crippen LogP contribution is -2.60. The molecule has 7 atom stereocenters. The average Bonchev–Trinajstić information content (AvgIpc) is 1.42. The van der Waals surface area contributed by atoms with Gasteiger partial charge in [0.05, 0.1) is 32.0 Å². The number of hydrogen-bond acceptors (Lipinski definition) is 10. The molecule has 91 heavy (non-hydrogen) atoms. The van der Waals surface area contributed by atoms with Crippen LogP contribution in [0.2, 0.25) is 0 Å². The summed E-state index contributed by atoms with van der Waals surface area (Å²) in [6.45, 7) is 4.30. The summed E-state index contributed by atoms with van der Waals surface area (Å²) in [5, 5.41) is 54.3. The number of aliphatic hydroxyl groups excluding tert-OH is 5. The number of amides is 1. The Bertz CT molecular complexity index is 1700. The first-order chi connectivity index (χ1) is 44.7. The van der Waals surface area contributed by atoms with Crippen LogP contribution in [-0.4, -0.2) is 100 Å². The van der Waals surface area contributed by atoms with Crippen molar-refractivity contribution in [2.75, 3.05) is 19.8 Å². The minimum Gasteiger partial charge on any atom is -0.466 e. The van der Waals surface area contributed by atoms with Gasteiger partial charge in [-0.05, 0) is 103 Å². The molecule has 0 saturated carbocycles. The third-order valence-electron chi connectivity index (χ3n) is 18.3. The SMILES string of the molecule is CCCCC/C=C/CC/C=C/C(O)C(COC1OC(CO)C(O)C(O)C1O)NC(=O)CCCCCCCCCCCCCCCCCCC/C=C\C/C=C\CCCCCCCCCCCCCCCOC(=O)CCCCCCCCC/C=C\CCCCCCCC. The number of hydrogen-bond donors (Lipinski definition) is 6. The number of rotatable bonds is 69. The molecule has 1 amide bonds. The van der Waals surface area contributed by atoms with Gasteiger partial charge in [0.15, 0.2) is 6.29 Å². The van der Waals surface area contributed by atoms with Gasteiger partial charge < -0.3 is 45.1 Å². The van der Waals surface area contributed by atoms with Crippen LogP contribution >= 0.6 is 0 Å². The van der Waals surface area contributed by atoms with Crippen LogP contribution in [0.1, 0.15) is 373 Å². The Balaban J connectivity index is 1.87. The van der Waals surface area contributed by atoms with E-state index < -0.39 is 49.5 Å². The predicted molar refractivity (Wildman–Crippen MR) is 384 cm³/mol. The number of aliphatic hydroxyl groups is 5. The topological polar surface area (TPSA) is 175 Å². The number of nitrogens with one attached hydrogen (secondary N) is 1. The summed E-state index contributed by atoms with van der Waals surface area (Å²) in [4.78, 5) is 25.1. The van der Waals surface area contributed by atoms with Crippen LogP contribution in [-0.2, 0) is 23.8 Å².